The Morgan fingerprint density at radius 2 is 1.85 bits per heavy atom. The molecule has 0 unspecified atom stereocenters. The lowest BCUT2D eigenvalue weighted by Crippen LogP contribution is -2.31. The van der Waals surface area contributed by atoms with Gasteiger partial charge < -0.3 is 9.30 Å². The fourth-order valence-corrected chi connectivity index (χ4v) is 4.80. The number of fused-ring (bicyclic) bond motifs is 1. The largest absolute Gasteiger partial charge is 0.495 e. The molecule has 0 bridgehead atoms. The summed E-state index contributed by atoms with van der Waals surface area (Å²) in [5.41, 5.74) is 0.513. The normalized spacial score (nSPS) is 12.0. The Morgan fingerprint density at radius 3 is 2.50 bits per heavy atom. The van der Waals surface area contributed by atoms with E-state index < -0.39 is 21.7 Å². The van der Waals surface area contributed by atoms with Gasteiger partial charge >= 0.3 is 0 Å². The Morgan fingerprint density at radius 1 is 1.09 bits per heavy atom. The molecule has 9 heteroatoms. The van der Waals surface area contributed by atoms with Crippen molar-refractivity contribution in [3.8, 4) is 11.6 Å². The molecule has 1 N–H and O–H groups in total. The summed E-state index contributed by atoms with van der Waals surface area (Å²) in [5, 5.41) is 0.169. The molecule has 34 heavy (non-hydrogen) atoms. The van der Waals surface area contributed by atoms with Crippen LogP contribution in [-0.4, -0.2) is 31.0 Å². The molecule has 0 fully saturated rings. The Bertz CT molecular complexity index is 1490. The Hall–Kier alpha value is -3.72. The Balaban J connectivity index is 1.70. The Labute approximate surface area is 197 Å². The van der Waals surface area contributed by atoms with Gasteiger partial charge in [0.2, 0.25) is 0 Å². The van der Waals surface area contributed by atoms with E-state index in [2.05, 4.69) is 4.98 Å². The van der Waals surface area contributed by atoms with Gasteiger partial charge in [-0.3, -0.25) is 4.79 Å². The van der Waals surface area contributed by atoms with Crippen LogP contribution in [0.3, 0.4) is 0 Å². The lowest BCUT2D eigenvalue weighted by Gasteiger charge is -2.21. The number of pyridine rings is 1. The molecular formula is C25H24FN3O4S. The van der Waals surface area contributed by atoms with Crippen LogP contribution in [0.1, 0.15) is 36.7 Å². The number of amides is 1. The second-order valence-corrected chi connectivity index (χ2v) is 10.4. The molecular weight excluding hydrogens is 457 g/mol. The number of halogens is 1. The van der Waals surface area contributed by atoms with Crippen LogP contribution in [-0.2, 0) is 15.4 Å². The molecule has 0 saturated heterocycles. The standard InChI is InChI=1S/C25H24FN3O4S/c1-25(2,3)16-8-11-20(33-4)21(15-16)34(31,32)28-24(30)18-9-10-19-17(23(18)26)12-14-29(19)22-7-5-6-13-27-22/h5-15H,1-4H3,(H,28,30). The average Bonchev–Trinajstić information content (AvgIpc) is 3.23. The van der Waals surface area contributed by atoms with Gasteiger partial charge in [0.25, 0.3) is 15.9 Å². The van der Waals surface area contributed by atoms with Crippen molar-refractivity contribution in [2.45, 2.75) is 31.1 Å². The van der Waals surface area contributed by atoms with E-state index in [1.165, 1.54) is 31.4 Å². The van der Waals surface area contributed by atoms with Gasteiger partial charge in [-0.25, -0.2) is 22.5 Å². The van der Waals surface area contributed by atoms with E-state index in [1.807, 2.05) is 25.5 Å². The minimum absolute atomic E-state index is 0.0802. The van der Waals surface area contributed by atoms with Crippen LogP contribution in [0, 0.1) is 5.82 Å². The number of carbonyl (C=O) groups excluding carboxylic acids is 1. The van der Waals surface area contributed by atoms with E-state index in [9.17, 15) is 13.2 Å². The third kappa shape index (κ3) is 4.26. The highest BCUT2D eigenvalue weighted by atomic mass is 32.2. The summed E-state index contributed by atoms with van der Waals surface area (Å²) in [6, 6.07) is 14.4. The second kappa shape index (κ2) is 8.57. The molecule has 0 aliphatic rings. The van der Waals surface area contributed by atoms with E-state index >= 15 is 4.39 Å². The first-order valence-electron chi connectivity index (χ1n) is 10.5. The zero-order chi connectivity index (χ0) is 24.7. The zero-order valence-electron chi connectivity index (χ0n) is 19.2. The van der Waals surface area contributed by atoms with Crippen LogP contribution in [0.4, 0.5) is 4.39 Å². The molecule has 0 radical (unpaired) electrons. The summed E-state index contributed by atoms with van der Waals surface area (Å²) in [6.45, 7) is 5.81. The SMILES string of the molecule is COc1ccc(C(C)(C)C)cc1S(=O)(=O)NC(=O)c1ccc2c(ccn2-c2ccccn2)c1F. The molecule has 0 atom stereocenters. The first kappa shape index (κ1) is 23.4. The highest BCUT2D eigenvalue weighted by Crippen LogP contribution is 2.31. The average molecular weight is 482 g/mol. The number of nitrogens with one attached hydrogen (secondary N) is 1. The summed E-state index contributed by atoms with van der Waals surface area (Å²) in [5.74, 6) is -1.23. The van der Waals surface area contributed by atoms with Gasteiger partial charge in [-0.1, -0.05) is 32.9 Å². The van der Waals surface area contributed by atoms with Crippen molar-refractivity contribution in [3.63, 3.8) is 0 Å². The number of methoxy groups -OCH3 is 1. The fourth-order valence-electron chi connectivity index (χ4n) is 3.64. The van der Waals surface area contributed by atoms with E-state index in [1.54, 1.807) is 47.3 Å². The molecule has 4 rings (SSSR count). The smallest absolute Gasteiger partial charge is 0.268 e. The molecule has 0 aliphatic carbocycles. The van der Waals surface area contributed by atoms with Crippen LogP contribution in [0.5, 0.6) is 5.75 Å². The number of ether oxygens (including phenoxy) is 1. The monoisotopic (exact) mass is 481 g/mol. The van der Waals surface area contributed by atoms with Crippen LogP contribution in [0.2, 0.25) is 0 Å². The molecule has 0 aliphatic heterocycles. The molecule has 176 valence electrons. The minimum atomic E-state index is -4.35. The van der Waals surface area contributed by atoms with Crippen molar-refractivity contribution in [3.05, 3.63) is 83.9 Å². The molecule has 7 nitrogen and oxygen atoms in total. The number of carbonyl (C=O) groups is 1. The predicted octanol–water partition coefficient (Wildman–Crippen LogP) is 4.59. The first-order valence-corrected chi connectivity index (χ1v) is 12.0. The van der Waals surface area contributed by atoms with Crippen molar-refractivity contribution in [2.75, 3.05) is 7.11 Å². The lowest BCUT2D eigenvalue weighted by molar-refractivity contribution is 0.0978. The predicted molar refractivity (Wildman–Crippen MR) is 127 cm³/mol. The highest BCUT2D eigenvalue weighted by Gasteiger charge is 2.27. The summed E-state index contributed by atoms with van der Waals surface area (Å²) in [6.07, 6.45) is 3.25. The van der Waals surface area contributed by atoms with Crippen molar-refractivity contribution < 1.29 is 22.3 Å². The van der Waals surface area contributed by atoms with Crippen molar-refractivity contribution >= 4 is 26.8 Å². The van der Waals surface area contributed by atoms with Crippen LogP contribution in [0.25, 0.3) is 16.7 Å². The maximum Gasteiger partial charge on any atom is 0.268 e. The van der Waals surface area contributed by atoms with Crippen molar-refractivity contribution in [2.24, 2.45) is 0 Å². The zero-order valence-corrected chi connectivity index (χ0v) is 20.0. The number of benzene rings is 2. The van der Waals surface area contributed by atoms with E-state index in [-0.39, 0.29) is 27.0 Å². The molecule has 1 amide bonds. The minimum Gasteiger partial charge on any atom is -0.495 e. The summed E-state index contributed by atoms with van der Waals surface area (Å²) >= 11 is 0. The third-order valence-corrected chi connectivity index (χ3v) is 6.85. The number of nitrogens with zero attached hydrogens (tertiary/aromatic N) is 2. The van der Waals surface area contributed by atoms with Gasteiger partial charge in [-0.05, 0) is 53.4 Å². The Kier molecular flexibility index (Phi) is 5.91. The van der Waals surface area contributed by atoms with Crippen LogP contribution in [0.15, 0.2) is 71.9 Å². The van der Waals surface area contributed by atoms with Gasteiger partial charge in [0, 0.05) is 17.8 Å². The maximum atomic E-state index is 15.3. The van der Waals surface area contributed by atoms with Crippen molar-refractivity contribution in [1.82, 2.24) is 14.3 Å². The number of hydrogen-bond acceptors (Lipinski definition) is 5. The van der Waals surface area contributed by atoms with Crippen molar-refractivity contribution in [1.29, 1.82) is 0 Å². The van der Waals surface area contributed by atoms with Gasteiger partial charge in [0.1, 0.15) is 22.3 Å². The molecule has 2 aromatic carbocycles. The molecule has 4 aromatic rings. The van der Waals surface area contributed by atoms with Gasteiger partial charge in [-0.15, -0.1) is 0 Å². The number of hydrogen-bond donors (Lipinski definition) is 1. The molecule has 0 spiro atoms. The molecule has 2 aromatic heterocycles. The topological polar surface area (TPSA) is 90.3 Å². The third-order valence-electron chi connectivity index (χ3n) is 5.49. The van der Waals surface area contributed by atoms with Gasteiger partial charge in [-0.2, -0.15) is 0 Å². The summed E-state index contributed by atoms with van der Waals surface area (Å²) in [4.78, 5) is 16.9. The highest BCUT2D eigenvalue weighted by molar-refractivity contribution is 7.90. The van der Waals surface area contributed by atoms with E-state index in [0.29, 0.717) is 11.3 Å². The summed E-state index contributed by atoms with van der Waals surface area (Å²) < 4.78 is 50.3. The molecule has 2 heterocycles. The molecule has 0 saturated carbocycles. The fraction of sp³-hybridized carbons (Fsp3) is 0.200. The van der Waals surface area contributed by atoms with Gasteiger partial charge in [0.15, 0.2) is 0 Å². The number of sulfonamides is 1. The van der Waals surface area contributed by atoms with Gasteiger partial charge in [0.05, 0.1) is 18.2 Å². The first-order chi connectivity index (χ1) is 16.0. The van der Waals surface area contributed by atoms with E-state index in [0.717, 1.165) is 5.56 Å². The summed E-state index contributed by atoms with van der Waals surface area (Å²) in [7, 11) is -3.01. The lowest BCUT2D eigenvalue weighted by atomic mass is 9.87. The van der Waals surface area contributed by atoms with E-state index in [4.69, 9.17) is 4.74 Å². The maximum absolute atomic E-state index is 15.3. The quantitative estimate of drug-likeness (QED) is 0.450. The van der Waals surface area contributed by atoms with Crippen LogP contribution >= 0.6 is 0 Å². The second-order valence-electron chi connectivity index (χ2n) is 8.78. The number of rotatable bonds is 5. The van der Waals surface area contributed by atoms with Crippen LogP contribution < -0.4 is 9.46 Å². The number of aromatic nitrogens is 2.